The summed E-state index contributed by atoms with van der Waals surface area (Å²) in [6.45, 7) is 7.85. The molecule has 3 aromatic rings. The second-order valence-electron chi connectivity index (χ2n) is 14.8. The number of hydrogen-bond acceptors (Lipinski definition) is 9. The molecule has 1 aliphatic heterocycles. The number of alkyl halides is 2. The first-order chi connectivity index (χ1) is 25.0. The fourth-order valence-corrected chi connectivity index (χ4v) is 8.03. The highest BCUT2D eigenvalue weighted by molar-refractivity contribution is 7.10. The number of nitrogens with one attached hydrogen (secondary N) is 4. The van der Waals surface area contributed by atoms with Gasteiger partial charge in [0.25, 0.3) is 11.8 Å². The summed E-state index contributed by atoms with van der Waals surface area (Å²) < 4.78 is 41.2. The molecule has 2 fully saturated rings. The molecule has 0 bridgehead atoms. The molecule has 2 aromatic carbocycles. The highest BCUT2D eigenvalue weighted by atomic mass is 32.1. The van der Waals surface area contributed by atoms with Crippen molar-refractivity contribution in [3.63, 3.8) is 0 Å². The Morgan fingerprint density at radius 1 is 1.06 bits per heavy atom. The van der Waals surface area contributed by atoms with E-state index in [1.807, 2.05) is 0 Å². The number of halogens is 2. The summed E-state index contributed by atoms with van der Waals surface area (Å²) in [6, 6.07) is 10.3. The van der Waals surface area contributed by atoms with Crippen LogP contribution in [0.2, 0.25) is 0 Å². The maximum Gasteiger partial charge on any atom is 0.413 e. The number of alkyl carbamates (subject to hydrolysis) is 1. The summed E-state index contributed by atoms with van der Waals surface area (Å²) in [6.07, 6.45) is 0.947. The fraction of sp³-hybridized carbons (Fsp3) is 0.447. The van der Waals surface area contributed by atoms with E-state index in [0.29, 0.717) is 50.1 Å². The monoisotopic (exact) mass is 750 g/mol. The fourth-order valence-electron chi connectivity index (χ4n) is 7.12. The molecule has 0 radical (unpaired) electrons. The standard InChI is InChI=1S/C38H44F2N6O6S/c1-21(29-15-23(19-53-29)32(42)45-35(50)52-36(2,3)4)44-34(49)28-16-37(20-51-13-7-12-41)17-30(37)46(28)31(47)18-43-33(48)22-10-11-27-25(14-22)24-8-5-6-9-26(24)38(27,39)40/h5-6,8-11,14-15,19,21,28,30H,7,12-13,16-18,20,41H2,1-4H3,(H,43,48)(H,44,49)(H2,42,45,50)/t21-,28+,30+,37-/m1/s1. The third-order valence-corrected chi connectivity index (χ3v) is 10.9. The van der Waals surface area contributed by atoms with Crippen molar-refractivity contribution in [3.05, 3.63) is 81.0 Å². The van der Waals surface area contributed by atoms with E-state index in [9.17, 15) is 19.2 Å². The van der Waals surface area contributed by atoms with E-state index in [1.54, 1.807) is 57.3 Å². The van der Waals surface area contributed by atoms with Gasteiger partial charge in [-0.05, 0) is 82.8 Å². The quantitative estimate of drug-likeness (QED) is 0.0978. The zero-order valence-corrected chi connectivity index (χ0v) is 30.8. The molecule has 3 aliphatic rings. The molecular weight excluding hydrogens is 707 g/mol. The van der Waals surface area contributed by atoms with Gasteiger partial charge in [0.15, 0.2) is 0 Å². The Morgan fingerprint density at radius 3 is 2.53 bits per heavy atom. The minimum Gasteiger partial charge on any atom is -0.444 e. The first-order valence-corrected chi connectivity index (χ1v) is 18.4. The Balaban J connectivity index is 1.12. The van der Waals surface area contributed by atoms with Gasteiger partial charge in [0.1, 0.15) is 17.5 Å². The highest BCUT2D eigenvalue weighted by Crippen LogP contribution is 2.60. The van der Waals surface area contributed by atoms with E-state index in [0.717, 1.165) is 4.88 Å². The van der Waals surface area contributed by atoms with E-state index in [4.69, 9.17) is 20.6 Å². The van der Waals surface area contributed by atoms with Crippen molar-refractivity contribution in [2.45, 2.75) is 76.6 Å². The second kappa shape index (κ2) is 14.6. The number of amidine groups is 1. The van der Waals surface area contributed by atoms with Crippen molar-refractivity contribution in [2.75, 3.05) is 26.3 Å². The normalized spacial score (nSPS) is 21.2. The van der Waals surface area contributed by atoms with E-state index in [-0.39, 0.29) is 40.0 Å². The first-order valence-electron chi connectivity index (χ1n) is 17.5. The molecule has 1 saturated heterocycles. The Hall–Kier alpha value is -4.73. The largest absolute Gasteiger partial charge is 0.444 e. The number of amides is 4. The number of nitrogens with zero attached hydrogens (tertiary/aromatic N) is 1. The molecule has 4 atom stereocenters. The van der Waals surface area contributed by atoms with Gasteiger partial charge in [-0.25, -0.2) is 4.79 Å². The first kappa shape index (κ1) is 38.0. The van der Waals surface area contributed by atoms with Gasteiger partial charge in [-0.2, -0.15) is 8.78 Å². The van der Waals surface area contributed by atoms with Gasteiger partial charge >= 0.3 is 6.09 Å². The lowest BCUT2D eigenvalue weighted by Crippen LogP contribution is -2.51. The number of piperidine rings is 1. The third kappa shape index (κ3) is 7.82. The van der Waals surface area contributed by atoms with Crippen LogP contribution in [0.5, 0.6) is 0 Å². The van der Waals surface area contributed by atoms with Crippen LogP contribution in [0.25, 0.3) is 11.1 Å². The molecule has 2 aliphatic carbocycles. The number of thiophene rings is 1. The minimum absolute atomic E-state index is 0.121. The van der Waals surface area contributed by atoms with Gasteiger partial charge in [-0.15, -0.1) is 11.3 Å². The second-order valence-corrected chi connectivity index (χ2v) is 15.8. The summed E-state index contributed by atoms with van der Waals surface area (Å²) in [5, 5.41) is 18.0. The summed E-state index contributed by atoms with van der Waals surface area (Å²) in [5.74, 6) is -4.75. The van der Waals surface area contributed by atoms with Crippen LogP contribution in [0.4, 0.5) is 13.6 Å². The summed E-state index contributed by atoms with van der Waals surface area (Å²) in [4.78, 5) is 55.3. The lowest BCUT2D eigenvalue weighted by Gasteiger charge is -2.28. The molecule has 2 heterocycles. The number of carbonyl (C=O) groups is 4. The number of benzene rings is 2. The topological polar surface area (TPSA) is 176 Å². The third-order valence-electron chi connectivity index (χ3n) is 9.79. The van der Waals surface area contributed by atoms with Crippen LogP contribution < -0.4 is 21.7 Å². The van der Waals surface area contributed by atoms with Gasteiger partial charge in [-0.1, -0.05) is 30.3 Å². The zero-order valence-electron chi connectivity index (χ0n) is 30.0. The molecule has 282 valence electrons. The van der Waals surface area contributed by atoms with E-state index in [2.05, 4.69) is 16.0 Å². The van der Waals surface area contributed by atoms with Crippen molar-refractivity contribution < 1.29 is 37.4 Å². The SMILES string of the molecule is C[C@@H](NC(=O)[C@@H]1C[C@]2(COCCCN)C[C@@H]2N1C(=O)CNC(=O)c1ccc2c(c1)-c1ccccc1C2(F)F)c1cc(C(=N)NC(=O)OC(C)(C)C)cs1. The van der Waals surface area contributed by atoms with Gasteiger partial charge < -0.3 is 30.7 Å². The van der Waals surface area contributed by atoms with Crippen LogP contribution in [0.15, 0.2) is 53.9 Å². The predicted octanol–water partition coefficient (Wildman–Crippen LogP) is 5.05. The van der Waals surface area contributed by atoms with Gasteiger partial charge in [0, 0.05) is 50.6 Å². The molecule has 1 aromatic heterocycles. The number of hydrogen-bond donors (Lipinski definition) is 5. The molecule has 6 N–H and O–H groups in total. The van der Waals surface area contributed by atoms with Gasteiger partial charge in [0.05, 0.1) is 19.2 Å². The number of nitrogens with two attached hydrogens (primary N) is 1. The van der Waals surface area contributed by atoms with Crippen LogP contribution in [0.3, 0.4) is 0 Å². The maximum atomic E-state index is 15.1. The molecule has 15 heteroatoms. The lowest BCUT2D eigenvalue weighted by molar-refractivity contribution is -0.139. The van der Waals surface area contributed by atoms with Gasteiger partial charge in [0.2, 0.25) is 11.8 Å². The van der Waals surface area contributed by atoms with E-state index >= 15 is 8.78 Å². The Bertz CT molecular complexity index is 1950. The molecule has 0 spiro atoms. The number of fused-ring (bicyclic) bond motifs is 4. The molecule has 1 saturated carbocycles. The molecule has 6 rings (SSSR count). The molecule has 12 nitrogen and oxygen atoms in total. The number of ether oxygens (including phenoxy) is 2. The Morgan fingerprint density at radius 2 is 1.79 bits per heavy atom. The van der Waals surface area contributed by atoms with E-state index < -0.39 is 53.5 Å². The molecule has 0 unspecified atom stereocenters. The van der Waals surface area contributed by atoms with Crippen molar-refractivity contribution in [1.29, 1.82) is 5.41 Å². The number of likely N-dealkylation sites (tertiary alicyclic amines) is 1. The summed E-state index contributed by atoms with van der Waals surface area (Å²) in [5.41, 5.74) is 5.38. The van der Waals surface area contributed by atoms with Crippen molar-refractivity contribution in [2.24, 2.45) is 11.1 Å². The Kier molecular flexibility index (Phi) is 10.5. The predicted molar refractivity (Wildman–Crippen MR) is 195 cm³/mol. The average molecular weight is 751 g/mol. The van der Waals surface area contributed by atoms with Crippen LogP contribution in [-0.2, 0) is 25.0 Å². The molecule has 53 heavy (non-hydrogen) atoms. The van der Waals surface area contributed by atoms with Crippen molar-refractivity contribution in [3.8, 4) is 11.1 Å². The zero-order chi connectivity index (χ0) is 38.3. The van der Waals surface area contributed by atoms with Crippen molar-refractivity contribution >= 4 is 41.0 Å². The van der Waals surface area contributed by atoms with Crippen molar-refractivity contribution in [1.82, 2.24) is 20.9 Å². The van der Waals surface area contributed by atoms with E-state index in [1.165, 1.54) is 40.5 Å². The molecular formula is C38H44F2N6O6S. The van der Waals surface area contributed by atoms with Crippen LogP contribution in [0.1, 0.15) is 84.9 Å². The molecule has 4 amide bonds. The van der Waals surface area contributed by atoms with Gasteiger partial charge in [-0.3, -0.25) is 25.1 Å². The highest BCUT2D eigenvalue weighted by Gasteiger charge is 2.67. The van der Waals surface area contributed by atoms with Crippen LogP contribution in [-0.4, -0.2) is 78.5 Å². The summed E-state index contributed by atoms with van der Waals surface area (Å²) >= 11 is 1.31. The average Bonchev–Trinajstić information content (AvgIpc) is 3.37. The lowest BCUT2D eigenvalue weighted by atomic mass is 10.00. The minimum atomic E-state index is -3.18. The van der Waals surface area contributed by atoms with Crippen LogP contribution >= 0.6 is 11.3 Å². The maximum absolute atomic E-state index is 15.1. The summed E-state index contributed by atoms with van der Waals surface area (Å²) in [7, 11) is 0. The van der Waals surface area contributed by atoms with Crippen LogP contribution in [0, 0.1) is 10.8 Å². The smallest absolute Gasteiger partial charge is 0.413 e. The number of carbonyl (C=O) groups excluding carboxylic acids is 4. The Labute approximate surface area is 310 Å². The number of rotatable bonds is 12.